The van der Waals surface area contributed by atoms with Crippen LogP contribution in [0.4, 0.5) is 4.79 Å². The summed E-state index contributed by atoms with van der Waals surface area (Å²) in [5.41, 5.74) is 0. The van der Waals surface area contributed by atoms with Crippen LogP contribution in [0.3, 0.4) is 0 Å². The number of sulfone groups is 1. The summed E-state index contributed by atoms with van der Waals surface area (Å²) in [6.45, 7) is 4.61. The Kier molecular flexibility index (Phi) is 3.93. The number of hydrogen-bond acceptors (Lipinski definition) is 3. The summed E-state index contributed by atoms with van der Waals surface area (Å²) in [7, 11) is -3.04. The van der Waals surface area contributed by atoms with Gasteiger partial charge in [-0.2, -0.15) is 0 Å². The molecule has 0 spiro atoms. The van der Waals surface area contributed by atoms with Crippen LogP contribution < -0.4 is 5.32 Å². The Morgan fingerprint density at radius 2 is 2.00 bits per heavy atom. The summed E-state index contributed by atoms with van der Waals surface area (Å²) in [6.07, 6.45) is 5.29. The minimum absolute atomic E-state index is 0.0834. The molecule has 1 N–H and O–H groups in total. The number of carbonyl (C=O) groups excluding carboxylic acids is 1. The second-order valence-electron chi connectivity index (χ2n) is 7.13. The maximum atomic E-state index is 12.3. The van der Waals surface area contributed by atoms with Gasteiger partial charge in [-0.1, -0.05) is 6.42 Å². The van der Waals surface area contributed by atoms with E-state index in [0.717, 1.165) is 18.4 Å². The van der Waals surface area contributed by atoms with Crippen LogP contribution in [0.1, 0.15) is 39.5 Å². The van der Waals surface area contributed by atoms with E-state index in [1.807, 2.05) is 6.92 Å². The molecule has 120 valence electrons. The number of nitrogens with one attached hydrogen (secondary N) is 1. The summed E-state index contributed by atoms with van der Waals surface area (Å²) in [4.78, 5) is 14.0. The van der Waals surface area contributed by atoms with Crippen molar-refractivity contribution in [1.82, 2.24) is 10.2 Å². The molecule has 3 fully saturated rings. The molecule has 3 aliphatic rings. The fourth-order valence-corrected chi connectivity index (χ4v) is 5.97. The highest BCUT2D eigenvalue weighted by atomic mass is 32.2. The molecule has 5 nitrogen and oxygen atoms in total. The maximum absolute atomic E-state index is 12.3. The number of carbonyl (C=O) groups is 1. The Bertz CT molecular complexity index is 519. The second kappa shape index (κ2) is 5.45. The van der Waals surface area contributed by atoms with E-state index < -0.39 is 15.1 Å². The minimum atomic E-state index is -3.04. The minimum Gasteiger partial charge on any atom is -0.338 e. The van der Waals surface area contributed by atoms with E-state index in [0.29, 0.717) is 12.5 Å². The van der Waals surface area contributed by atoms with Gasteiger partial charge in [-0.3, -0.25) is 0 Å². The average molecular weight is 314 g/mol. The van der Waals surface area contributed by atoms with Crippen LogP contribution in [0.5, 0.6) is 0 Å². The topological polar surface area (TPSA) is 66.5 Å². The van der Waals surface area contributed by atoms with Crippen molar-refractivity contribution in [3.63, 3.8) is 0 Å². The van der Waals surface area contributed by atoms with Gasteiger partial charge in [0.15, 0.2) is 9.84 Å². The smallest absolute Gasteiger partial charge is 0.317 e. The van der Waals surface area contributed by atoms with Crippen molar-refractivity contribution >= 4 is 15.9 Å². The zero-order valence-electron chi connectivity index (χ0n) is 12.9. The first kappa shape index (κ1) is 15.1. The molecule has 6 heteroatoms. The Hall–Kier alpha value is -0.780. The van der Waals surface area contributed by atoms with Gasteiger partial charge in [0, 0.05) is 19.1 Å². The van der Waals surface area contributed by atoms with Crippen molar-refractivity contribution in [2.75, 3.05) is 18.8 Å². The van der Waals surface area contributed by atoms with Crippen LogP contribution in [-0.2, 0) is 9.84 Å². The molecule has 0 aromatic carbocycles. The first-order chi connectivity index (χ1) is 9.88. The van der Waals surface area contributed by atoms with Crippen LogP contribution in [0.2, 0.25) is 0 Å². The van der Waals surface area contributed by atoms with Gasteiger partial charge in [-0.05, 0) is 50.9 Å². The molecule has 1 heterocycles. The highest BCUT2D eigenvalue weighted by Crippen LogP contribution is 2.47. The van der Waals surface area contributed by atoms with Crippen molar-refractivity contribution < 1.29 is 13.2 Å². The largest absolute Gasteiger partial charge is 0.338 e. The average Bonchev–Trinajstić information content (AvgIpc) is 3.05. The van der Waals surface area contributed by atoms with E-state index in [1.54, 1.807) is 11.8 Å². The Labute approximate surface area is 127 Å². The summed E-state index contributed by atoms with van der Waals surface area (Å²) in [5, 5.41) is 2.58. The molecule has 2 aliphatic carbocycles. The normalized spacial score (nSPS) is 41.2. The second-order valence-corrected chi connectivity index (χ2v) is 9.60. The monoisotopic (exact) mass is 314 g/mol. The lowest BCUT2D eigenvalue weighted by Gasteiger charge is -2.37. The van der Waals surface area contributed by atoms with E-state index in [2.05, 4.69) is 5.32 Å². The van der Waals surface area contributed by atoms with Crippen LogP contribution in [0.25, 0.3) is 0 Å². The summed E-state index contributed by atoms with van der Waals surface area (Å²) in [6, 6.07) is -0.337. The van der Waals surface area contributed by atoms with E-state index in [-0.39, 0.29) is 17.8 Å². The number of hydrogen-bond donors (Lipinski definition) is 1. The molecule has 0 aromatic rings. The standard InChI is InChI=1S/C15H26N2O3S/c1-10-11(2)21(19,20)6-5-17(10)15(18)16-9-14-8-12-3-4-13(14)7-12/h10-14H,3-9H2,1-2H3,(H,16,18)/t10-,11+,12+,13+,14+/m1/s1. The van der Waals surface area contributed by atoms with Gasteiger partial charge in [-0.25, -0.2) is 13.2 Å². The predicted molar refractivity (Wildman–Crippen MR) is 81.8 cm³/mol. The van der Waals surface area contributed by atoms with Crippen molar-refractivity contribution in [3.8, 4) is 0 Å². The first-order valence-electron chi connectivity index (χ1n) is 8.14. The number of rotatable bonds is 2. The molecule has 2 bridgehead atoms. The van der Waals surface area contributed by atoms with E-state index >= 15 is 0 Å². The molecule has 2 amide bonds. The van der Waals surface area contributed by atoms with Gasteiger partial charge in [0.05, 0.1) is 11.0 Å². The van der Waals surface area contributed by atoms with E-state index in [9.17, 15) is 13.2 Å². The first-order valence-corrected chi connectivity index (χ1v) is 9.86. The third kappa shape index (κ3) is 2.79. The number of nitrogens with zero attached hydrogens (tertiary/aromatic N) is 1. The molecule has 5 atom stereocenters. The van der Waals surface area contributed by atoms with Crippen molar-refractivity contribution in [1.29, 1.82) is 0 Å². The molecule has 0 radical (unpaired) electrons. The SMILES string of the molecule is C[C@@H]1[C@H](C)S(=O)(=O)CCN1C(=O)NC[C@@H]1C[C@H]2CC[C@H]1C2. The van der Waals surface area contributed by atoms with E-state index in [4.69, 9.17) is 0 Å². The summed E-state index contributed by atoms with van der Waals surface area (Å²) < 4.78 is 23.7. The zero-order valence-corrected chi connectivity index (χ0v) is 13.7. The van der Waals surface area contributed by atoms with Gasteiger partial charge >= 0.3 is 6.03 Å². The molecule has 3 rings (SSSR count). The van der Waals surface area contributed by atoms with E-state index in [1.165, 1.54) is 25.7 Å². The molecule has 21 heavy (non-hydrogen) atoms. The third-order valence-electron chi connectivity index (χ3n) is 6.01. The zero-order chi connectivity index (χ0) is 15.2. The van der Waals surface area contributed by atoms with Gasteiger partial charge in [-0.15, -0.1) is 0 Å². The highest BCUT2D eigenvalue weighted by molar-refractivity contribution is 7.92. The Morgan fingerprint density at radius 3 is 2.62 bits per heavy atom. The lowest BCUT2D eigenvalue weighted by molar-refractivity contribution is 0.174. The van der Waals surface area contributed by atoms with Crippen LogP contribution >= 0.6 is 0 Å². The fourth-order valence-electron chi connectivity index (χ4n) is 4.40. The Balaban J connectivity index is 1.54. The highest BCUT2D eigenvalue weighted by Gasteiger charge is 2.41. The lowest BCUT2D eigenvalue weighted by atomic mass is 9.89. The third-order valence-corrected chi connectivity index (χ3v) is 8.29. The predicted octanol–water partition coefficient (Wildman–Crippen LogP) is 1.64. The fraction of sp³-hybridized carbons (Fsp3) is 0.933. The molecular formula is C15H26N2O3S. The molecular weight excluding hydrogens is 288 g/mol. The van der Waals surface area contributed by atoms with Crippen molar-refractivity contribution in [2.45, 2.75) is 50.8 Å². The van der Waals surface area contributed by atoms with Crippen molar-refractivity contribution in [2.24, 2.45) is 17.8 Å². The number of fused-ring (bicyclic) bond motifs is 2. The summed E-state index contributed by atoms with van der Waals surface area (Å²) in [5.74, 6) is 2.40. The van der Waals surface area contributed by atoms with Gasteiger partial charge in [0.2, 0.25) is 0 Å². The lowest BCUT2D eigenvalue weighted by Crippen LogP contribution is -2.57. The summed E-state index contributed by atoms with van der Waals surface area (Å²) >= 11 is 0. The molecule has 2 saturated carbocycles. The van der Waals surface area contributed by atoms with Crippen LogP contribution in [-0.4, -0.2) is 49.5 Å². The number of urea groups is 1. The van der Waals surface area contributed by atoms with Crippen LogP contribution in [0, 0.1) is 17.8 Å². The molecule has 0 aromatic heterocycles. The number of amides is 2. The molecule has 1 aliphatic heterocycles. The maximum Gasteiger partial charge on any atom is 0.317 e. The molecule has 0 unspecified atom stereocenters. The van der Waals surface area contributed by atoms with Gasteiger partial charge in [0.25, 0.3) is 0 Å². The van der Waals surface area contributed by atoms with Gasteiger partial charge in [0.1, 0.15) is 0 Å². The molecule has 1 saturated heterocycles. The van der Waals surface area contributed by atoms with Gasteiger partial charge < -0.3 is 10.2 Å². The van der Waals surface area contributed by atoms with Crippen LogP contribution in [0.15, 0.2) is 0 Å². The van der Waals surface area contributed by atoms with Crippen molar-refractivity contribution in [3.05, 3.63) is 0 Å². The quantitative estimate of drug-likeness (QED) is 0.842. The Morgan fingerprint density at radius 1 is 1.24 bits per heavy atom.